The number of morpholine rings is 1. The van der Waals surface area contributed by atoms with E-state index in [9.17, 15) is 9.18 Å². The van der Waals surface area contributed by atoms with E-state index < -0.39 is 11.6 Å². The predicted octanol–water partition coefficient (Wildman–Crippen LogP) is 3.76. The van der Waals surface area contributed by atoms with E-state index in [-0.39, 0.29) is 18.1 Å². The molecule has 1 aliphatic rings. The maximum absolute atomic E-state index is 14.1. The van der Waals surface area contributed by atoms with Crippen LogP contribution in [0.15, 0.2) is 48.5 Å². The van der Waals surface area contributed by atoms with Gasteiger partial charge in [-0.25, -0.2) is 4.39 Å². The molecule has 1 heterocycles. The third-order valence-electron chi connectivity index (χ3n) is 4.78. The molecule has 4 nitrogen and oxygen atoms in total. The highest BCUT2D eigenvalue weighted by atomic mass is 19.1. The lowest BCUT2D eigenvalue weighted by molar-refractivity contribution is -0.154. The van der Waals surface area contributed by atoms with E-state index in [0.717, 1.165) is 11.3 Å². The number of carbonyl (C=O) groups is 1. The Labute approximate surface area is 153 Å². The monoisotopic (exact) mass is 357 g/mol. The van der Waals surface area contributed by atoms with Crippen LogP contribution < -0.4 is 4.74 Å². The first kappa shape index (κ1) is 18.4. The van der Waals surface area contributed by atoms with Crippen LogP contribution in [0.25, 0.3) is 0 Å². The molecule has 0 saturated carbocycles. The lowest BCUT2D eigenvalue weighted by atomic mass is 9.96. The van der Waals surface area contributed by atoms with Crippen LogP contribution >= 0.6 is 0 Å². The van der Waals surface area contributed by atoms with Crippen molar-refractivity contribution in [2.45, 2.75) is 31.9 Å². The number of amides is 1. The highest BCUT2D eigenvalue weighted by Gasteiger charge is 2.39. The van der Waals surface area contributed by atoms with Gasteiger partial charge < -0.3 is 14.4 Å². The molecule has 138 valence electrons. The maximum atomic E-state index is 14.1. The summed E-state index contributed by atoms with van der Waals surface area (Å²) in [6.45, 7) is 4.64. The molecule has 0 spiro atoms. The molecule has 1 unspecified atom stereocenters. The van der Waals surface area contributed by atoms with E-state index in [4.69, 9.17) is 9.47 Å². The lowest BCUT2D eigenvalue weighted by Crippen LogP contribution is -2.56. The van der Waals surface area contributed by atoms with Gasteiger partial charge in [0.1, 0.15) is 17.7 Å². The zero-order valence-electron chi connectivity index (χ0n) is 15.4. The second-order valence-electron chi connectivity index (χ2n) is 7.16. The average molecular weight is 357 g/mol. The fourth-order valence-corrected chi connectivity index (χ4v) is 3.23. The molecule has 26 heavy (non-hydrogen) atoms. The van der Waals surface area contributed by atoms with Gasteiger partial charge in [-0.15, -0.1) is 0 Å². The van der Waals surface area contributed by atoms with Gasteiger partial charge in [0.05, 0.1) is 32.2 Å². The highest BCUT2D eigenvalue weighted by molar-refractivity contribution is 5.79. The molecule has 0 aromatic heterocycles. The Kier molecular flexibility index (Phi) is 5.28. The highest BCUT2D eigenvalue weighted by Crippen LogP contribution is 2.32. The minimum absolute atomic E-state index is 0.00445. The Morgan fingerprint density at radius 2 is 1.92 bits per heavy atom. The number of hydrogen-bond donors (Lipinski definition) is 0. The molecule has 3 rings (SSSR count). The van der Waals surface area contributed by atoms with E-state index in [2.05, 4.69) is 0 Å². The molecule has 2 aromatic rings. The number of methoxy groups -OCH3 is 1. The van der Waals surface area contributed by atoms with Crippen molar-refractivity contribution < 1.29 is 18.7 Å². The number of hydrogen-bond acceptors (Lipinski definition) is 3. The number of nitrogens with zero attached hydrogens (tertiary/aromatic N) is 1. The first-order chi connectivity index (χ1) is 12.4. The summed E-state index contributed by atoms with van der Waals surface area (Å²) >= 11 is 0. The van der Waals surface area contributed by atoms with Crippen molar-refractivity contribution in [1.82, 2.24) is 4.90 Å². The van der Waals surface area contributed by atoms with Crippen molar-refractivity contribution in [3.63, 3.8) is 0 Å². The Morgan fingerprint density at radius 1 is 1.23 bits per heavy atom. The van der Waals surface area contributed by atoms with Crippen molar-refractivity contribution in [2.75, 3.05) is 20.3 Å². The van der Waals surface area contributed by atoms with Gasteiger partial charge in [0.25, 0.3) is 0 Å². The molecule has 0 bridgehead atoms. The van der Waals surface area contributed by atoms with E-state index >= 15 is 0 Å². The zero-order chi connectivity index (χ0) is 18.7. The molecule has 5 heteroatoms. The number of benzene rings is 2. The van der Waals surface area contributed by atoms with Crippen molar-refractivity contribution in [1.29, 1.82) is 0 Å². The standard InChI is InChI=1S/C21H24FNO3/c1-21(2)14-26-19(17-6-4-5-7-18(17)22)13-23(21)20(24)12-15-8-10-16(25-3)11-9-15/h4-11,19H,12-14H2,1-3H3. The zero-order valence-corrected chi connectivity index (χ0v) is 15.4. The van der Waals surface area contributed by atoms with Crippen LogP contribution in [0.5, 0.6) is 5.75 Å². The van der Waals surface area contributed by atoms with Gasteiger partial charge in [0.15, 0.2) is 0 Å². The largest absolute Gasteiger partial charge is 0.497 e. The molecule has 1 fully saturated rings. The lowest BCUT2D eigenvalue weighted by Gasteiger charge is -2.45. The molecule has 1 saturated heterocycles. The number of rotatable bonds is 4. The van der Waals surface area contributed by atoms with Gasteiger partial charge >= 0.3 is 0 Å². The summed E-state index contributed by atoms with van der Waals surface area (Å²) in [6, 6.07) is 14.0. The summed E-state index contributed by atoms with van der Waals surface area (Å²) in [5.41, 5.74) is 0.969. The molecule has 1 amide bonds. The predicted molar refractivity (Wildman–Crippen MR) is 97.6 cm³/mol. The first-order valence-corrected chi connectivity index (χ1v) is 8.70. The van der Waals surface area contributed by atoms with Crippen LogP contribution in [0.3, 0.4) is 0 Å². The minimum Gasteiger partial charge on any atom is -0.497 e. The molecule has 0 aliphatic carbocycles. The molecule has 2 aromatic carbocycles. The van der Waals surface area contributed by atoms with Crippen molar-refractivity contribution in [2.24, 2.45) is 0 Å². The Balaban J connectivity index is 1.76. The number of ether oxygens (including phenoxy) is 2. The molecule has 0 N–H and O–H groups in total. The van der Waals surface area contributed by atoms with Gasteiger partial charge in [-0.3, -0.25) is 4.79 Å². The van der Waals surface area contributed by atoms with Gasteiger partial charge in [-0.05, 0) is 37.6 Å². The number of halogens is 1. The summed E-state index contributed by atoms with van der Waals surface area (Å²) in [4.78, 5) is 14.7. The molecular weight excluding hydrogens is 333 g/mol. The topological polar surface area (TPSA) is 38.8 Å². The van der Waals surface area contributed by atoms with E-state index in [1.807, 2.05) is 38.1 Å². The van der Waals surface area contributed by atoms with E-state index in [1.54, 1.807) is 30.2 Å². The van der Waals surface area contributed by atoms with Crippen LogP contribution in [-0.2, 0) is 16.0 Å². The summed E-state index contributed by atoms with van der Waals surface area (Å²) in [5, 5.41) is 0. The second-order valence-corrected chi connectivity index (χ2v) is 7.16. The molecule has 1 atom stereocenters. The molecular formula is C21H24FNO3. The van der Waals surface area contributed by atoms with Crippen LogP contribution in [0.4, 0.5) is 4.39 Å². The second kappa shape index (κ2) is 7.46. The van der Waals surface area contributed by atoms with Crippen LogP contribution in [0.2, 0.25) is 0 Å². The molecule has 1 aliphatic heterocycles. The Hall–Kier alpha value is -2.40. The Bertz CT molecular complexity index is 773. The van der Waals surface area contributed by atoms with Gasteiger partial charge in [0.2, 0.25) is 5.91 Å². The van der Waals surface area contributed by atoms with E-state index in [1.165, 1.54) is 6.07 Å². The van der Waals surface area contributed by atoms with Crippen LogP contribution in [0, 0.1) is 5.82 Å². The SMILES string of the molecule is COc1ccc(CC(=O)N2CC(c3ccccc3F)OCC2(C)C)cc1. The fraction of sp³-hybridized carbons (Fsp3) is 0.381. The first-order valence-electron chi connectivity index (χ1n) is 8.70. The maximum Gasteiger partial charge on any atom is 0.227 e. The van der Waals surface area contributed by atoms with Gasteiger partial charge in [-0.2, -0.15) is 0 Å². The number of carbonyl (C=O) groups excluding carboxylic acids is 1. The van der Waals surface area contributed by atoms with Crippen molar-refractivity contribution in [3.05, 3.63) is 65.5 Å². The minimum atomic E-state index is -0.455. The summed E-state index contributed by atoms with van der Waals surface area (Å²) in [7, 11) is 1.61. The Morgan fingerprint density at radius 3 is 2.58 bits per heavy atom. The smallest absolute Gasteiger partial charge is 0.227 e. The van der Waals surface area contributed by atoms with Crippen molar-refractivity contribution >= 4 is 5.91 Å². The van der Waals surface area contributed by atoms with Gasteiger partial charge in [-0.1, -0.05) is 30.3 Å². The fourth-order valence-electron chi connectivity index (χ4n) is 3.23. The summed E-state index contributed by atoms with van der Waals surface area (Å²) in [5.74, 6) is 0.456. The summed E-state index contributed by atoms with van der Waals surface area (Å²) in [6.07, 6.45) is -0.165. The van der Waals surface area contributed by atoms with Crippen LogP contribution in [-0.4, -0.2) is 36.6 Å². The van der Waals surface area contributed by atoms with Crippen LogP contribution in [0.1, 0.15) is 31.1 Å². The average Bonchev–Trinajstić information content (AvgIpc) is 2.63. The van der Waals surface area contributed by atoms with Gasteiger partial charge in [0, 0.05) is 5.56 Å². The van der Waals surface area contributed by atoms with Crippen molar-refractivity contribution in [3.8, 4) is 5.75 Å². The molecule has 0 radical (unpaired) electrons. The summed E-state index contributed by atoms with van der Waals surface area (Å²) < 4.78 is 25.1. The third kappa shape index (κ3) is 3.88. The van der Waals surface area contributed by atoms with E-state index in [0.29, 0.717) is 18.7 Å². The third-order valence-corrected chi connectivity index (χ3v) is 4.78. The quantitative estimate of drug-likeness (QED) is 0.836. The normalized spacial score (nSPS) is 19.2.